The Morgan fingerprint density at radius 3 is 2.62 bits per heavy atom. The Labute approximate surface area is 191 Å². The third-order valence-electron chi connectivity index (χ3n) is 6.66. The first kappa shape index (κ1) is 22.6. The van der Waals surface area contributed by atoms with Crippen LogP contribution in [0.1, 0.15) is 55.4 Å². The van der Waals surface area contributed by atoms with Crippen molar-refractivity contribution in [2.45, 2.75) is 59.0 Å². The van der Waals surface area contributed by atoms with Crippen LogP contribution in [0.25, 0.3) is 10.9 Å². The minimum absolute atomic E-state index is 0.321. The Morgan fingerprint density at radius 2 is 1.97 bits per heavy atom. The SMILES string of the molecule is Cc1cc(C)c2c(ccn2C(=O)OC(C)(C)C)c1C[C@@H]1CCN(C)C[C@H]1c1cnn(C)c1. The number of likely N-dealkylation sites (tertiary alicyclic amines) is 1. The second kappa shape index (κ2) is 8.39. The molecule has 32 heavy (non-hydrogen) atoms. The van der Waals surface area contributed by atoms with Crippen molar-refractivity contribution in [2.75, 3.05) is 20.1 Å². The van der Waals surface area contributed by atoms with Gasteiger partial charge in [-0.3, -0.25) is 9.25 Å². The molecule has 2 atom stereocenters. The van der Waals surface area contributed by atoms with Gasteiger partial charge in [0.15, 0.2) is 0 Å². The van der Waals surface area contributed by atoms with E-state index in [1.807, 2.05) is 44.9 Å². The van der Waals surface area contributed by atoms with Crippen LogP contribution in [-0.4, -0.2) is 51.1 Å². The van der Waals surface area contributed by atoms with Crippen LogP contribution in [0.3, 0.4) is 0 Å². The minimum Gasteiger partial charge on any atom is -0.443 e. The number of rotatable bonds is 3. The fourth-order valence-corrected chi connectivity index (χ4v) is 5.18. The lowest BCUT2D eigenvalue weighted by atomic mass is 9.77. The molecule has 1 aliphatic rings. The molecule has 4 rings (SSSR count). The summed E-state index contributed by atoms with van der Waals surface area (Å²) < 4.78 is 9.24. The molecule has 0 aliphatic carbocycles. The van der Waals surface area contributed by atoms with Crippen LogP contribution < -0.4 is 0 Å². The summed E-state index contributed by atoms with van der Waals surface area (Å²) in [6.07, 6.45) is 7.87. The third kappa shape index (κ3) is 4.46. The van der Waals surface area contributed by atoms with Crippen molar-refractivity contribution in [3.63, 3.8) is 0 Å². The highest BCUT2D eigenvalue weighted by atomic mass is 16.6. The van der Waals surface area contributed by atoms with E-state index >= 15 is 0 Å². The zero-order chi connectivity index (χ0) is 23.2. The first-order valence-corrected chi connectivity index (χ1v) is 11.5. The van der Waals surface area contributed by atoms with E-state index in [2.05, 4.69) is 49.2 Å². The van der Waals surface area contributed by atoms with E-state index < -0.39 is 5.60 Å². The summed E-state index contributed by atoms with van der Waals surface area (Å²) in [7, 11) is 4.19. The molecule has 1 saturated heterocycles. The molecular weight excluding hydrogens is 400 g/mol. The van der Waals surface area contributed by atoms with Gasteiger partial charge in [0.2, 0.25) is 0 Å². The number of aryl methyl sites for hydroxylation is 3. The highest BCUT2D eigenvalue weighted by Crippen LogP contribution is 2.37. The molecular formula is C26H36N4O2. The Bertz CT molecular complexity index is 1130. The number of hydrogen-bond acceptors (Lipinski definition) is 4. The number of benzene rings is 1. The number of carbonyl (C=O) groups excluding carboxylic acids is 1. The fraction of sp³-hybridized carbons (Fsp3) is 0.538. The summed E-state index contributed by atoms with van der Waals surface area (Å²) >= 11 is 0. The van der Waals surface area contributed by atoms with Gasteiger partial charge in [-0.25, -0.2) is 4.79 Å². The summed E-state index contributed by atoms with van der Waals surface area (Å²) in [6.45, 7) is 12.1. The molecule has 6 heteroatoms. The summed E-state index contributed by atoms with van der Waals surface area (Å²) in [6, 6.07) is 4.30. The molecule has 1 fully saturated rings. The van der Waals surface area contributed by atoms with Gasteiger partial charge in [-0.05, 0) is 95.3 Å². The number of aromatic nitrogens is 3. The highest BCUT2D eigenvalue weighted by molar-refractivity contribution is 5.94. The van der Waals surface area contributed by atoms with E-state index in [4.69, 9.17) is 4.74 Å². The number of hydrogen-bond donors (Lipinski definition) is 0. The smallest absolute Gasteiger partial charge is 0.418 e. The van der Waals surface area contributed by atoms with Crippen molar-refractivity contribution in [3.05, 3.63) is 53.0 Å². The number of carbonyl (C=O) groups is 1. The first-order chi connectivity index (χ1) is 15.0. The van der Waals surface area contributed by atoms with Gasteiger partial charge in [0, 0.05) is 37.3 Å². The molecule has 0 bridgehead atoms. The molecule has 1 aromatic carbocycles. The van der Waals surface area contributed by atoms with Gasteiger partial charge >= 0.3 is 6.09 Å². The topological polar surface area (TPSA) is 52.3 Å². The van der Waals surface area contributed by atoms with Gasteiger partial charge < -0.3 is 9.64 Å². The predicted octanol–water partition coefficient (Wildman–Crippen LogP) is 5.05. The third-order valence-corrected chi connectivity index (χ3v) is 6.66. The zero-order valence-corrected chi connectivity index (χ0v) is 20.5. The van der Waals surface area contributed by atoms with Crippen LogP contribution in [0.2, 0.25) is 0 Å². The summed E-state index contributed by atoms with van der Waals surface area (Å²) in [5.41, 5.74) is 5.49. The largest absolute Gasteiger partial charge is 0.443 e. The Kier molecular flexibility index (Phi) is 5.93. The lowest BCUT2D eigenvalue weighted by molar-refractivity contribution is 0.0544. The molecule has 0 amide bonds. The van der Waals surface area contributed by atoms with E-state index in [0.717, 1.165) is 42.4 Å². The van der Waals surface area contributed by atoms with E-state index in [9.17, 15) is 4.79 Å². The number of fused-ring (bicyclic) bond motifs is 1. The predicted molar refractivity (Wildman–Crippen MR) is 128 cm³/mol. The molecule has 3 heterocycles. The van der Waals surface area contributed by atoms with E-state index in [1.165, 1.54) is 16.7 Å². The highest BCUT2D eigenvalue weighted by Gasteiger charge is 2.31. The molecule has 172 valence electrons. The molecule has 3 aromatic rings. The second-order valence-corrected chi connectivity index (χ2v) is 10.5. The van der Waals surface area contributed by atoms with Gasteiger partial charge in [-0.1, -0.05) is 6.07 Å². The summed E-state index contributed by atoms with van der Waals surface area (Å²) in [5.74, 6) is 0.982. The zero-order valence-electron chi connectivity index (χ0n) is 20.5. The van der Waals surface area contributed by atoms with Gasteiger partial charge in [0.05, 0.1) is 11.7 Å². The minimum atomic E-state index is -0.528. The van der Waals surface area contributed by atoms with Crippen LogP contribution >= 0.6 is 0 Å². The molecule has 0 N–H and O–H groups in total. The van der Waals surface area contributed by atoms with Crippen LogP contribution in [0.15, 0.2) is 30.7 Å². The number of likely N-dealkylation sites (N-methyl/N-ethyl adjacent to an activating group) is 1. The second-order valence-electron chi connectivity index (χ2n) is 10.5. The lowest BCUT2D eigenvalue weighted by Crippen LogP contribution is -2.37. The van der Waals surface area contributed by atoms with E-state index in [0.29, 0.717) is 11.8 Å². The summed E-state index contributed by atoms with van der Waals surface area (Å²) in [4.78, 5) is 15.3. The molecule has 0 radical (unpaired) electrons. The maximum atomic E-state index is 12.9. The van der Waals surface area contributed by atoms with Gasteiger partial charge in [-0.15, -0.1) is 0 Å². The number of piperidine rings is 1. The lowest BCUT2D eigenvalue weighted by Gasteiger charge is -2.37. The van der Waals surface area contributed by atoms with Gasteiger partial charge in [-0.2, -0.15) is 5.10 Å². The van der Waals surface area contributed by atoms with Crippen molar-refractivity contribution in [1.29, 1.82) is 0 Å². The fourth-order valence-electron chi connectivity index (χ4n) is 5.18. The molecule has 1 aliphatic heterocycles. The maximum absolute atomic E-state index is 12.9. The monoisotopic (exact) mass is 436 g/mol. The number of ether oxygens (including phenoxy) is 1. The van der Waals surface area contributed by atoms with Crippen LogP contribution in [0, 0.1) is 19.8 Å². The Morgan fingerprint density at radius 1 is 1.22 bits per heavy atom. The average Bonchev–Trinajstić information content (AvgIpc) is 3.31. The van der Waals surface area contributed by atoms with Crippen molar-refractivity contribution in [2.24, 2.45) is 13.0 Å². The maximum Gasteiger partial charge on any atom is 0.418 e. The molecule has 0 saturated carbocycles. The average molecular weight is 437 g/mol. The van der Waals surface area contributed by atoms with Crippen molar-refractivity contribution < 1.29 is 9.53 Å². The van der Waals surface area contributed by atoms with E-state index in [-0.39, 0.29) is 6.09 Å². The quantitative estimate of drug-likeness (QED) is 0.576. The standard InChI is InChI=1S/C26H36N4O2/c1-17-12-18(2)24-21(9-11-30(24)25(31)32-26(3,4)5)22(17)13-19-8-10-28(6)16-23(19)20-14-27-29(7)15-20/h9,11-12,14-15,19,23H,8,10,13,16H2,1-7H3/t19-,23+/m0/s1. The number of nitrogens with zero attached hydrogens (tertiary/aromatic N) is 4. The van der Waals surface area contributed by atoms with Gasteiger partial charge in [0.25, 0.3) is 0 Å². The Balaban J connectivity index is 1.72. The Hall–Kier alpha value is -2.60. The molecule has 2 aromatic heterocycles. The summed E-state index contributed by atoms with van der Waals surface area (Å²) in [5, 5.41) is 5.60. The molecule has 6 nitrogen and oxygen atoms in total. The van der Waals surface area contributed by atoms with Gasteiger partial charge in [0.1, 0.15) is 5.60 Å². The van der Waals surface area contributed by atoms with Crippen LogP contribution in [0.4, 0.5) is 4.79 Å². The van der Waals surface area contributed by atoms with E-state index in [1.54, 1.807) is 4.57 Å². The van der Waals surface area contributed by atoms with Crippen molar-refractivity contribution >= 4 is 17.0 Å². The first-order valence-electron chi connectivity index (χ1n) is 11.5. The van der Waals surface area contributed by atoms with Crippen LogP contribution in [0.5, 0.6) is 0 Å². The van der Waals surface area contributed by atoms with Crippen molar-refractivity contribution in [3.8, 4) is 0 Å². The van der Waals surface area contributed by atoms with Crippen LogP contribution in [-0.2, 0) is 18.2 Å². The van der Waals surface area contributed by atoms with Crippen molar-refractivity contribution in [1.82, 2.24) is 19.2 Å². The molecule has 0 unspecified atom stereocenters. The normalized spacial score (nSPS) is 20.1. The molecule has 0 spiro atoms.